The van der Waals surface area contributed by atoms with Gasteiger partial charge >= 0.3 is 0 Å². The molecule has 0 unspecified atom stereocenters. The van der Waals surface area contributed by atoms with Gasteiger partial charge in [0.15, 0.2) is 0 Å². The zero-order valence-electron chi connectivity index (χ0n) is 12.5. The van der Waals surface area contributed by atoms with Gasteiger partial charge in [0, 0.05) is 18.1 Å². The van der Waals surface area contributed by atoms with E-state index in [2.05, 4.69) is 23.9 Å². The largest absolute Gasteiger partial charge is 0.316 e. The van der Waals surface area contributed by atoms with Crippen molar-refractivity contribution in [2.75, 3.05) is 13.6 Å². The minimum absolute atomic E-state index is 0.0338. The van der Waals surface area contributed by atoms with E-state index in [4.69, 9.17) is 23.2 Å². The third kappa shape index (κ3) is 5.75. The Labute approximate surface area is 137 Å². The van der Waals surface area contributed by atoms with Gasteiger partial charge in [-0.1, -0.05) is 37.0 Å². The van der Waals surface area contributed by atoms with E-state index in [1.54, 1.807) is 13.1 Å². The van der Waals surface area contributed by atoms with Crippen molar-refractivity contribution >= 4 is 33.2 Å². The highest BCUT2D eigenvalue weighted by atomic mass is 35.5. The Kier molecular flexibility index (Phi) is 7.44. The van der Waals surface area contributed by atoms with Gasteiger partial charge in [-0.25, -0.2) is 13.1 Å². The normalized spacial score (nSPS) is 12.1. The molecule has 0 saturated carbocycles. The molecule has 1 aromatic carbocycles. The van der Waals surface area contributed by atoms with Gasteiger partial charge in [0.05, 0.1) is 5.02 Å². The lowest BCUT2D eigenvalue weighted by Crippen LogP contribution is -2.25. The smallest absolute Gasteiger partial charge is 0.242 e. The van der Waals surface area contributed by atoms with Crippen LogP contribution in [0.4, 0.5) is 0 Å². The van der Waals surface area contributed by atoms with Crippen molar-refractivity contribution in [3.05, 3.63) is 27.7 Å². The minimum atomic E-state index is -3.65. The number of sulfonamides is 1. The molecule has 0 atom stereocenters. The van der Waals surface area contributed by atoms with E-state index >= 15 is 0 Å². The van der Waals surface area contributed by atoms with Crippen molar-refractivity contribution in [2.45, 2.75) is 38.1 Å². The van der Waals surface area contributed by atoms with Crippen LogP contribution in [-0.4, -0.2) is 22.0 Å². The fraction of sp³-hybridized carbons (Fsp3) is 0.571. The Balaban J connectivity index is 2.92. The maximum atomic E-state index is 12.3. The summed E-state index contributed by atoms with van der Waals surface area (Å²) in [5, 5.41) is 3.50. The lowest BCUT2D eigenvalue weighted by molar-refractivity contribution is 0.540. The summed E-state index contributed by atoms with van der Waals surface area (Å²) in [6.07, 6.45) is 1.76. The quantitative estimate of drug-likeness (QED) is 0.704. The van der Waals surface area contributed by atoms with Crippen LogP contribution in [0.2, 0.25) is 10.0 Å². The van der Waals surface area contributed by atoms with E-state index in [9.17, 15) is 8.42 Å². The lowest BCUT2D eigenvalue weighted by Gasteiger charge is -2.12. The second-order valence-electron chi connectivity index (χ2n) is 5.34. The lowest BCUT2D eigenvalue weighted by atomic mass is 10.1. The van der Waals surface area contributed by atoms with Gasteiger partial charge < -0.3 is 5.32 Å². The Bertz CT molecular complexity index is 575. The monoisotopic (exact) mass is 352 g/mol. The molecule has 0 bridgehead atoms. The Morgan fingerprint density at radius 1 is 1.24 bits per heavy atom. The highest BCUT2D eigenvalue weighted by Crippen LogP contribution is 2.29. The number of hydrogen-bond donors (Lipinski definition) is 2. The molecule has 21 heavy (non-hydrogen) atoms. The third-order valence-electron chi connectivity index (χ3n) is 2.99. The Morgan fingerprint density at radius 3 is 2.48 bits per heavy atom. The van der Waals surface area contributed by atoms with Crippen molar-refractivity contribution in [1.29, 1.82) is 0 Å². The van der Waals surface area contributed by atoms with Crippen LogP contribution in [0.1, 0.15) is 32.3 Å². The van der Waals surface area contributed by atoms with Crippen LogP contribution in [0, 0.1) is 5.92 Å². The topological polar surface area (TPSA) is 58.2 Å². The van der Waals surface area contributed by atoms with E-state index in [1.807, 2.05) is 0 Å². The predicted octanol–water partition coefficient (Wildman–Crippen LogP) is 3.43. The van der Waals surface area contributed by atoms with E-state index in [1.165, 1.54) is 6.07 Å². The molecule has 0 saturated heterocycles. The number of hydrogen-bond acceptors (Lipinski definition) is 3. The van der Waals surface area contributed by atoms with Crippen LogP contribution in [0.5, 0.6) is 0 Å². The van der Waals surface area contributed by atoms with Gasteiger partial charge in [0.25, 0.3) is 0 Å². The van der Waals surface area contributed by atoms with Gasteiger partial charge in [-0.2, -0.15) is 0 Å². The van der Waals surface area contributed by atoms with Crippen LogP contribution < -0.4 is 10.0 Å². The predicted molar refractivity (Wildman–Crippen MR) is 88.5 cm³/mol. The second kappa shape index (κ2) is 8.34. The molecular weight excluding hydrogens is 331 g/mol. The highest BCUT2D eigenvalue weighted by molar-refractivity contribution is 7.89. The summed E-state index contributed by atoms with van der Waals surface area (Å²) in [6, 6.07) is 3.05. The minimum Gasteiger partial charge on any atom is -0.316 e. The zero-order chi connectivity index (χ0) is 16.0. The fourth-order valence-corrected chi connectivity index (χ4v) is 3.93. The van der Waals surface area contributed by atoms with Gasteiger partial charge in [0.1, 0.15) is 4.90 Å². The molecule has 1 aromatic rings. The third-order valence-corrected chi connectivity index (χ3v) is 5.25. The van der Waals surface area contributed by atoms with Crippen molar-refractivity contribution in [3.8, 4) is 0 Å². The van der Waals surface area contributed by atoms with Gasteiger partial charge in [0.2, 0.25) is 10.0 Å². The number of rotatable bonds is 8. The average molecular weight is 353 g/mol. The molecular formula is C14H22Cl2N2O2S. The molecule has 4 nitrogen and oxygen atoms in total. The van der Waals surface area contributed by atoms with E-state index < -0.39 is 10.0 Å². The summed E-state index contributed by atoms with van der Waals surface area (Å²) in [5.41, 5.74) is 0.661. The Hall–Kier alpha value is -0.330. The number of halogens is 2. The van der Waals surface area contributed by atoms with Crippen LogP contribution >= 0.6 is 23.2 Å². The van der Waals surface area contributed by atoms with Crippen molar-refractivity contribution < 1.29 is 8.42 Å². The van der Waals surface area contributed by atoms with Gasteiger partial charge in [-0.15, -0.1) is 0 Å². The standard InChI is InChI=1S/C14H22Cl2N2O2S/c1-10(2)5-4-6-18-21(19,20)13-8-12(15)7-11(9-17-3)14(13)16/h7-8,10,17-18H,4-6,9H2,1-3H3. The highest BCUT2D eigenvalue weighted by Gasteiger charge is 2.20. The molecule has 0 fully saturated rings. The van der Waals surface area contributed by atoms with Gasteiger partial charge in [-0.3, -0.25) is 0 Å². The van der Waals surface area contributed by atoms with Crippen LogP contribution in [0.3, 0.4) is 0 Å². The first-order valence-electron chi connectivity index (χ1n) is 6.90. The molecule has 1 rings (SSSR count). The zero-order valence-corrected chi connectivity index (χ0v) is 14.9. The summed E-state index contributed by atoms with van der Waals surface area (Å²) < 4.78 is 27.2. The first-order valence-corrected chi connectivity index (χ1v) is 9.14. The van der Waals surface area contributed by atoms with E-state index in [-0.39, 0.29) is 9.92 Å². The van der Waals surface area contributed by atoms with Crippen LogP contribution in [0.25, 0.3) is 0 Å². The van der Waals surface area contributed by atoms with Crippen molar-refractivity contribution in [1.82, 2.24) is 10.0 Å². The SMILES string of the molecule is CNCc1cc(Cl)cc(S(=O)(=O)NCCCC(C)C)c1Cl. The van der Waals surface area contributed by atoms with Crippen molar-refractivity contribution in [3.63, 3.8) is 0 Å². The molecule has 7 heteroatoms. The fourth-order valence-electron chi connectivity index (χ4n) is 1.93. The average Bonchev–Trinajstić information content (AvgIpc) is 2.38. The Morgan fingerprint density at radius 2 is 1.90 bits per heavy atom. The first kappa shape index (κ1) is 18.7. The summed E-state index contributed by atoms with van der Waals surface area (Å²) >= 11 is 12.2. The van der Waals surface area contributed by atoms with Gasteiger partial charge in [-0.05, 0) is 43.5 Å². The molecule has 0 aliphatic carbocycles. The number of benzene rings is 1. The molecule has 0 heterocycles. The van der Waals surface area contributed by atoms with E-state index in [0.29, 0.717) is 29.6 Å². The van der Waals surface area contributed by atoms with E-state index in [0.717, 1.165) is 12.8 Å². The first-order chi connectivity index (χ1) is 9.77. The summed E-state index contributed by atoms with van der Waals surface area (Å²) in [6.45, 7) is 5.05. The van der Waals surface area contributed by atoms with Crippen LogP contribution in [0.15, 0.2) is 17.0 Å². The maximum absolute atomic E-state index is 12.3. The molecule has 2 N–H and O–H groups in total. The maximum Gasteiger partial charge on any atom is 0.242 e. The molecule has 0 aliphatic rings. The molecule has 0 aliphatic heterocycles. The summed E-state index contributed by atoms with van der Waals surface area (Å²) in [5.74, 6) is 0.548. The molecule has 120 valence electrons. The molecule has 0 radical (unpaired) electrons. The summed E-state index contributed by atoms with van der Waals surface area (Å²) in [4.78, 5) is 0.0338. The number of nitrogens with one attached hydrogen (secondary N) is 2. The summed E-state index contributed by atoms with van der Waals surface area (Å²) in [7, 11) is -1.89. The molecule has 0 amide bonds. The molecule has 0 aromatic heterocycles. The molecule has 0 spiro atoms. The van der Waals surface area contributed by atoms with Crippen molar-refractivity contribution in [2.24, 2.45) is 5.92 Å². The van der Waals surface area contributed by atoms with Crippen LogP contribution in [-0.2, 0) is 16.6 Å². The second-order valence-corrected chi connectivity index (χ2v) is 7.89.